The van der Waals surface area contributed by atoms with Crippen LogP contribution in [0.2, 0.25) is 0 Å². The Morgan fingerprint density at radius 2 is 2.31 bits per heavy atom. The Kier molecular flexibility index (Phi) is 2.19. The first-order chi connectivity index (χ1) is 6.38. The van der Waals surface area contributed by atoms with Crippen molar-refractivity contribution >= 4 is 5.57 Å². The molecule has 0 heteroatoms. The lowest BCUT2D eigenvalue weighted by Crippen LogP contribution is -1.90. The van der Waals surface area contributed by atoms with E-state index in [1.807, 2.05) is 12.1 Å². The molecule has 0 unspecified atom stereocenters. The molecule has 0 aromatic heterocycles. The predicted octanol–water partition coefficient (Wildman–Crippen LogP) is 3.41. The summed E-state index contributed by atoms with van der Waals surface area (Å²) in [5.74, 6) is 0. The molecule has 13 heavy (non-hydrogen) atoms. The second kappa shape index (κ2) is 3.49. The Bertz CT molecular complexity index is 342. The molecule has 0 saturated carbocycles. The zero-order chi connectivity index (χ0) is 9.10. The average Bonchev–Trinajstić information content (AvgIpc) is 2.20. The Balaban J connectivity index is 2.41. The van der Waals surface area contributed by atoms with Crippen LogP contribution in [0.15, 0.2) is 35.9 Å². The van der Waals surface area contributed by atoms with Crippen molar-refractivity contribution in [2.24, 2.45) is 0 Å². The fourth-order valence-electron chi connectivity index (χ4n) is 1.61. The maximum absolute atomic E-state index is 3.13. The molecule has 1 aliphatic rings. The maximum atomic E-state index is 3.13. The second-order valence-electron chi connectivity index (χ2n) is 3.34. The molecule has 0 heterocycles. The molecule has 0 N–H and O–H groups in total. The minimum atomic E-state index is 1.16. The van der Waals surface area contributed by atoms with Crippen LogP contribution in [0.3, 0.4) is 0 Å². The van der Waals surface area contributed by atoms with E-state index in [1.54, 1.807) is 0 Å². The molecule has 1 aromatic carbocycles. The average molecular weight is 168 g/mol. The van der Waals surface area contributed by atoms with Gasteiger partial charge in [-0.3, -0.25) is 0 Å². The van der Waals surface area contributed by atoms with Gasteiger partial charge < -0.3 is 0 Å². The maximum Gasteiger partial charge on any atom is 0.0320 e. The third kappa shape index (κ3) is 1.65. The largest absolute Gasteiger partial charge is 0.0836 e. The summed E-state index contributed by atoms with van der Waals surface area (Å²) in [6.45, 7) is 2.19. The number of hydrogen-bond acceptors (Lipinski definition) is 0. The summed E-state index contributed by atoms with van der Waals surface area (Å²) in [6, 6.07) is 12.1. The van der Waals surface area contributed by atoms with Gasteiger partial charge in [-0.2, -0.15) is 0 Å². The van der Waals surface area contributed by atoms with Crippen molar-refractivity contribution in [2.45, 2.75) is 19.8 Å². The monoisotopic (exact) mass is 168 g/mol. The fourth-order valence-corrected chi connectivity index (χ4v) is 1.61. The molecule has 1 aromatic rings. The SMILES string of the molecule is CC1=C(c2c#cccc2)C=CCC1. The van der Waals surface area contributed by atoms with Crippen molar-refractivity contribution in [2.75, 3.05) is 0 Å². The van der Waals surface area contributed by atoms with Crippen LogP contribution < -0.4 is 0 Å². The molecule has 64 valence electrons. The number of hydrogen-bond donors (Lipinski definition) is 0. The first-order valence-electron chi connectivity index (χ1n) is 4.63. The third-order valence-electron chi connectivity index (χ3n) is 2.37. The van der Waals surface area contributed by atoms with E-state index in [1.165, 1.54) is 24.0 Å². The summed E-state index contributed by atoms with van der Waals surface area (Å²) in [4.78, 5) is 0. The summed E-state index contributed by atoms with van der Waals surface area (Å²) in [5.41, 5.74) is 3.94. The van der Waals surface area contributed by atoms with E-state index < -0.39 is 0 Å². The Hall–Kier alpha value is -1.48. The zero-order valence-electron chi connectivity index (χ0n) is 7.80. The quantitative estimate of drug-likeness (QED) is 0.602. The first-order valence-corrected chi connectivity index (χ1v) is 4.63. The van der Waals surface area contributed by atoms with Crippen LogP contribution in [-0.4, -0.2) is 0 Å². The van der Waals surface area contributed by atoms with Crippen LogP contribution in [0, 0.1) is 12.1 Å². The summed E-state index contributed by atoms with van der Waals surface area (Å²) >= 11 is 0. The highest BCUT2D eigenvalue weighted by atomic mass is 14.1. The van der Waals surface area contributed by atoms with Gasteiger partial charge in [-0.15, -0.1) is 0 Å². The lowest BCUT2D eigenvalue weighted by Gasteiger charge is -2.10. The van der Waals surface area contributed by atoms with E-state index >= 15 is 0 Å². The van der Waals surface area contributed by atoms with Crippen LogP contribution in [0.4, 0.5) is 0 Å². The standard InChI is InChI=1S/C13H12/c1-11-7-5-6-10-13(11)12-8-3-2-4-9-12/h2-3,6,8,10H,5,7H2,1H3. The summed E-state index contributed by atoms with van der Waals surface area (Å²) in [5, 5.41) is 0. The van der Waals surface area contributed by atoms with Crippen molar-refractivity contribution in [1.82, 2.24) is 0 Å². The van der Waals surface area contributed by atoms with Gasteiger partial charge in [0.2, 0.25) is 0 Å². The molecule has 0 bridgehead atoms. The van der Waals surface area contributed by atoms with E-state index in [-0.39, 0.29) is 0 Å². The molecule has 0 atom stereocenters. The van der Waals surface area contributed by atoms with Gasteiger partial charge in [-0.05, 0) is 37.5 Å². The Morgan fingerprint density at radius 1 is 1.38 bits per heavy atom. The lowest BCUT2D eigenvalue weighted by molar-refractivity contribution is 0.967. The van der Waals surface area contributed by atoms with E-state index in [0.717, 1.165) is 5.56 Å². The second-order valence-corrected chi connectivity index (χ2v) is 3.34. The first kappa shape index (κ1) is 8.13. The minimum Gasteiger partial charge on any atom is -0.0836 e. The van der Waals surface area contributed by atoms with Crippen molar-refractivity contribution in [3.63, 3.8) is 0 Å². The van der Waals surface area contributed by atoms with Crippen LogP contribution in [0.1, 0.15) is 25.3 Å². The van der Waals surface area contributed by atoms with Gasteiger partial charge in [-0.25, -0.2) is 0 Å². The summed E-state index contributed by atoms with van der Waals surface area (Å²) < 4.78 is 0. The van der Waals surface area contributed by atoms with Crippen LogP contribution in [0.25, 0.3) is 5.57 Å². The van der Waals surface area contributed by atoms with Gasteiger partial charge in [0.05, 0.1) is 0 Å². The minimum absolute atomic E-state index is 1.16. The molecule has 0 nitrogen and oxygen atoms in total. The van der Waals surface area contributed by atoms with Gasteiger partial charge in [0.1, 0.15) is 0 Å². The highest BCUT2D eigenvalue weighted by molar-refractivity contribution is 5.76. The van der Waals surface area contributed by atoms with E-state index in [0.29, 0.717) is 0 Å². The predicted molar refractivity (Wildman–Crippen MR) is 55.1 cm³/mol. The molecular weight excluding hydrogens is 156 g/mol. The highest BCUT2D eigenvalue weighted by Gasteiger charge is 2.05. The van der Waals surface area contributed by atoms with Crippen molar-refractivity contribution in [1.29, 1.82) is 0 Å². The van der Waals surface area contributed by atoms with Gasteiger partial charge in [0.25, 0.3) is 0 Å². The molecule has 0 saturated heterocycles. The third-order valence-corrected chi connectivity index (χ3v) is 2.37. The Morgan fingerprint density at radius 3 is 3.00 bits per heavy atom. The molecule has 1 aliphatic carbocycles. The van der Waals surface area contributed by atoms with Crippen molar-refractivity contribution < 1.29 is 0 Å². The van der Waals surface area contributed by atoms with Crippen molar-refractivity contribution in [3.05, 3.63) is 53.6 Å². The van der Waals surface area contributed by atoms with Crippen LogP contribution >= 0.6 is 0 Å². The van der Waals surface area contributed by atoms with Crippen molar-refractivity contribution in [3.8, 4) is 0 Å². The van der Waals surface area contributed by atoms with E-state index in [4.69, 9.17) is 0 Å². The lowest BCUT2D eigenvalue weighted by atomic mass is 9.94. The number of allylic oxidation sites excluding steroid dienone is 4. The zero-order valence-corrected chi connectivity index (χ0v) is 7.80. The molecule has 0 radical (unpaired) electrons. The topological polar surface area (TPSA) is 0 Å². The van der Waals surface area contributed by atoms with Gasteiger partial charge in [-0.1, -0.05) is 35.9 Å². The van der Waals surface area contributed by atoms with Gasteiger partial charge in [0.15, 0.2) is 0 Å². The Labute approximate surface area is 79.6 Å². The van der Waals surface area contributed by atoms with Gasteiger partial charge >= 0.3 is 0 Å². The van der Waals surface area contributed by atoms with E-state index in [2.05, 4.69) is 37.3 Å². The smallest absolute Gasteiger partial charge is 0.0320 e. The number of rotatable bonds is 1. The molecule has 0 aliphatic heterocycles. The molecule has 0 amide bonds. The molecular formula is C13H12. The fraction of sp³-hybridized carbons (Fsp3) is 0.231. The van der Waals surface area contributed by atoms with Crippen LogP contribution in [0.5, 0.6) is 0 Å². The molecule has 0 spiro atoms. The molecule has 2 rings (SSSR count). The van der Waals surface area contributed by atoms with Crippen LogP contribution in [-0.2, 0) is 0 Å². The van der Waals surface area contributed by atoms with E-state index in [9.17, 15) is 0 Å². The molecule has 0 fully saturated rings. The van der Waals surface area contributed by atoms with Gasteiger partial charge in [0, 0.05) is 5.56 Å². The summed E-state index contributed by atoms with van der Waals surface area (Å²) in [7, 11) is 0. The normalized spacial score (nSPS) is 15.8. The highest BCUT2D eigenvalue weighted by Crippen LogP contribution is 2.25. The summed E-state index contributed by atoms with van der Waals surface area (Å²) in [6.07, 6.45) is 6.77.